The van der Waals surface area contributed by atoms with Crippen LogP contribution in [0.4, 0.5) is 0 Å². The van der Waals surface area contributed by atoms with Gasteiger partial charge in [-0.2, -0.15) is 5.26 Å². The molecule has 0 amide bonds. The summed E-state index contributed by atoms with van der Waals surface area (Å²) in [6.45, 7) is 0.817. The van der Waals surface area contributed by atoms with Crippen LogP contribution in [0.1, 0.15) is 30.3 Å². The fourth-order valence-corrected chi connectivity index (χ4v) is 2.36. The number of aromatic nitrogens is 2. The molecule has 1 aromatic carbocycles. The molecule has 0 spiro atoms. The lowest BCUT2D eigenvalue weighted by molar-refractivity contribution is 0.103. The number of fused-ring (bicyclic) bond motifs is 1. The van der Waals surface area contributed by atoms with E-state index in [2.05, 4.69) is 15.6 Å². The van der Waals surface area contributed by atoms with Crippen LogP contribution in [0.5, 0.6) is 0 Å². The van der Waals surface area contributed by atoms with E-state index >= 15 is 0 Å². The van der Waals surface area contributed by atoms with Crippen LogP contribution in [0.25, 0.3) is 11.0 Å². The molecule has 1 aliphatic heterocycles. The predicted molar refractivity (Wildman–Crippen MR) is 63.4 cm³/mol. The molecule has 0 bridgehead atoms. The van der Waals surface area contributed by atoms with Gasteiger partial charge in [0.25, 0.3) is 0 Å². The molecule has 0 saturated carbocycles. The smallest absolute Gasteiger partial charge is 0.138 e. The van der Waals surface area contributed by atoms with Crippen LogP contribution in [0.3, 0.4) is 0 Å². The molecule has 2 heterocycles. The second kappa shape index (κ2) is 3.86. The minimum atomic E-state index is 0.109. The van der Waals surface area contributed by atoms with Crippen molar-refractivity contribution in [1.82, 2.24) is 9.55 Å². The lowest BCUT2D eigenvalue weighted by Gasteiger charge is -2.08. The highest BCUT2D eigenvalue weighted by atomic mass is 16.5. The van der Waals surface area contributed by atoms with Crippen LogP contribution >= 0.6 is 0 Å². The third-order valence-corrected chi connectivity index (χ3v) is 3.26. The molecule has 4 heteroatoms. The van der Waals surface area contributed by atoms with Gasteiger partial charge in [0, 0.05) is 13.7 Å². The van der Waals surface area contributed by atoms with Crippen LogP contribution in [-0.4, -0.2) is 16.2 Å². The Morgan fingerprint density at radius 3 is 3.12 bits per heavy atom. The van der Waals surface area contributed by atoms with E-state index in [4.69, 9.17) is 10.00 Å². The monoisotopic (exact) mass is 227 g/mol. The summed E-state index contributed by atoms with van der Waals surface area (Å²) < 4.78 is 7.72. The van der Waals surface area contributed by atoms with Gasteiger partial charge in [-0.15, -0.1) is 0 Å². The van der Waals surface area contributed by atoms with Crippen molar-refractivity contribution in [3.63, 3.8) is 0 Å². The van der Waals surface area contributed by atoms with Gasteiger partial charge in [0.1, 0.15) is 11.9 Å². The zero-order valence-electron chi connectivity index (χ0n) is 9.68. The fourth-order valence-electron chi connectivity index (χ4n) is 2.36. The number of nitriles is 1. The second-order valence-corrected chi connectivity index (χ2v) is 4.35. The van der Waals surface area contributed by atoms with E-state index in [1.54, 1.807) is 0 Å². The van der Waals surface area contributed by atoms with Gasteiger partial charge in [-0.05, 0) is 31.0 Å². The van der Waals surface area contributed by atoms with Crippen molar-refractivity contribution < 1.29 is 4.74 Å². The second-order valence-electron chi connectivity index (χ2n) is 4.35. The van der Waals surface area contributed by atoms with Crippen LogP contribution < -0.4 is 0 Å². The third kappa shape index (κ3) is 1.60. The summed E-state index contributed by atoms with van der Waals surface area (Å²) in [6.07, 6.45) is 2.23. The van der Waals surface area contributed by atoms with Gasteiger partial charge in [0.15, 0.2) is 0 Å². The maximum atomic E-state index is 8.88. The SMILES string of the molecule is Cn1c(C2CCCO2)nc2cc(C#N)ccc21. The summed E-state index contributed by atoms with van der Waals surface area (Å²) in [5.41, 5.74) is 2.57. The molecule has 0 N–H and O–H groups in total. The lowest BCUT2D eigenvalue weighted by Crippen LogP contribution is -2.04. The van der Waals surface area contributed by atoms with Gasteiger partial charge < -0.3 is 9.30 Å². The van der Waals surface area contributed by atoms with Gasteiger partial charge in [0.05, 0.1) is 22.7 Å². The molecular formula is C13H13N3O. The summed E-state index contributed by atoms with van der Waals surface area (Å²) >= 11 is 0. The minimum absolute atomic E-state index is 0.109. The van der Waals surface area contributed by atoms with Crippen molar-refractivity contribution in [3.8, 4) is 6.07 Å². The van der Waals surface area contributed by atoms with Crippen molar-refractivity contribution in [2.75, 3.05) is 6.61 Å². The molecule has 17 heavy (non-hydrogen) atoms. The van der Waals surface area contributed by atoms with Gasteiger partial charge in [0.2, 0.25) is 0 Å². The molecule has 1 unspecified atom stereocenters. The summed E-state index contributed by atoms with van der Waals surface area (Å²) in [5, 5.41) is 8.88. The van der Waals surface area contributed by atoms with Gasteiger partial charge in [-0.25, -0.2) is 4.98 Å². The molecule has 1 fully saturated rings. The maximum Gasteiger partial charge on any atom is 0.138 e. The van der Waals surface area contributed by atoms with Gasteiger partial charge >= 0.3 is 0 Å². The molecule has 0 aliphatic carbocycles. The van der Waals surface area contributed by atoms with E-state index in [0.717, 1.165) is 36.3 Å². The Balaban J connectivity index is 2.14. The average molecular weight is 227 g/mol. The van der Waals surface area contributed by atoms with E-state index in [1.807, 2.05) is 25.2 Å². The molecule has 2 aromatic rings. The van der Waals surface area contributed by atoms with Crippen LogP contribution in [0, 0.1) is 11.3 Å². The first kappa shape index (κ1) is 10.3. The fraction of sp³-hybridized carbons (Fsp3) is 0.385. The Hall–Kier alpha value is -1.86. The summed E-state index contributed by atoms with van der Waals surface area (Å²) in [7, 11) is 2.00. The highest BCUT2D eigenvalue weighted by Crippen LogP contribution is 2.29. The Bertz CT molecular complexity index is 603. The number of imidazole rings is 1. The topological polar surface area (TPSA) is 50.8 Å². The average Bonchev–Trinajstić information content (AvgIpc) is 2.97. The molecule has 3 rings (SSSR count). The molecular weight excluding hydrogens is 214 g/mol. The first-order valence-corrected chi connectivity index (χ1v) is 5.77. The largest absolute Gasteiger partial charge is 0.370 e. The molecule has 1 aliphatic rings. The highest BCUT2D eigenvalue weighted by Gasteiger charge is 2.23. The first-order chi connectivity index (χ1) is 8.29. The first-order valence-electron chi connectivity index (χ1n) is 5.77. The van der Waals surface area contributed by atoms with Crippen LogP contribution in [0.15, 0.2) is 18.2 Å². The Morgan fingerprint density at radius 1 is 1.53 bits per heavy atom. The zero-order valence-corrected chi connectivity index (χ0v) is 9.68. The van der Waals surface area contributed by atoms with Gasteiger partial charge in [-0.1, -0.05) is 0 Å². The van der Waals surface area contributed by atoms with E-state index in [9.17, 15) is 0 Å². The molecule has 86 valence electrons. The number of hydrogen-bond donors (Lipinski definition) is 0. The van der Waals surface area contributed by atoms with E-state index in [-0.39, 0.29) is 6.10 Å². The van der Waals surface area contributed by atoms with E-state index in [1.165, 1.54) is 0 Å². The predicted octanol–water partition coefficient (Wildman–Crippen LogP) is 2.30. The molecule has 0 radical (unpaired) electrons. The van der Waals surface area contributed by atoms with E-state index < -0.39 is 0 Å². The molecule has 1 aromatic heterocycles. The highest BCUT2D eigenvalue weighted by molar-refractivity contribution is 5.77. The molecule has 4 nitrogen and oxygen atoms in total. The Kier molecular flexibility index (Phi) is 2.34. The number of aryl methyl sites for hydroxylation is 1. The maximum absolute atomic E-state index is 8.88. The normalized spacial score (nSPS) is 19.6. The van der Waals surface area contributed by atoms with E-state index in [0.29, 0.717) is 5.56 Å². The van der Waals surface area contributed by atoms with Crippen LogP contribution in [-0.2, 0) is 11.8 Å². The quantitative estimate of drug-likeness (QED) is 0.751. The van der Waals surface area contributed by atoms with Crippen LogP contribution in [0.2, 0.25) is 0 Å². The van der Waals surface area contributed by atoms with Crippen molar-refractivity contribution >= 4 is 11.0 Å². The standard InChI is InChI=1S/C13H13N3O/c1-16-11-5-4-9(8-14)7-10(11)15-13(16)12-3-2-6-17-12/h4-5,7,12H,2-3,6H2,1H3. The van der Waals surface area contributed by atoms with Crippen molar-refractivity contribution in [1.29, 1.82) is 5.26 Å². The number of nitrogens with zero attached hydrogens (tertiary/aromatic N) is 3. The Labute approximate surface area is 99.4 Å². The number of ether oxygens (including phenoxy) is 1. The number of benzene rings is 1. The minimum Gasteiger partial charge on any atom is -0.370 e. The third-order valence-electron chi connectivity index (χ3n) is 3.26. The van der Waals surface area contributed by atoms with Crippen molar-refractivity contribution in [3.05, 3.63) is 29.6 Å². The number of hydrogen-bond acceptors (Lipinski definition) is 3. The molecule has 1 atom stereocenters. The summed E-state index contributed by atoms with van der Waals surface area (Å²) in [5.74, 6) is 0.965. The number of rotatable bonds is 1. The molecule has 1 saturated heterocycles. The summed E-state index contributed by atoms with van der Waals surface area (Å²) in [4.78, 5) is 4.59. The Morgan fingerprint density at radius 2 is 2.41 bits per heavy atom. The van der Waals surface area contributed by atoms with Crippen molar-refractivity contribution in [2.24, 2.45) is 7.05 Å². The lowest BCUT2D eigenvalue weighted by atomic mass is 10.2. The summed E-state index contributed by atoms with van der Waals surface area (Å²) in [6, 6.07) is 7.73. The van der Waals surface area contributed by atoms with Gasteiger partial charge in [-0.3, -0.25) is 0 Å². The van der Waals surface area contributed by atoms with Crippen molar-refractivity contribution in [2.45, 2.75) is 18.9 Å². The zero-order chi connectivity index (χ0) is 11.8.